The number of piperidine rings is 1. The van der Waals surface area contributed by atoms with Crippen molar-refractivity contribution in [2.45, 2.75) is 33.6 Å². The van der Waals surface area contributed by atoms with Gasteiger partial charge < -0.3 is 15.0 Å². The Bertz CT molecular complexity index is 789. The van der Waals surface area contributed by atoms with Crippen molar-refractivity contribution < 1.29 is 24.0 Å². The Kier molecular flexibility index (Phi) is 7.44. The summed E-state index contributed by atoms with van der Waals surface area (Å²) in [7, 11) is 0. The maximum absolute atomic E-state index is 12.8. The monoisotopic (exact) mass is 417 g/mol. The molecule has 2 heterocycles. The molecular weight excluding hydrogens is 386 g/mol. The molecule has 3 rings (SSSR count). The van der Waals surface area contributed by atoms with Crippen molar-refractivity contribution in [3.8, 4) is 0 Å². The van der Waals surface area contributed by atoms with Gasteiger partial charge in [-0.15, -0.1) is 0 Å². The molecule has 3 amide bonds. The maximum Gasteiger partial charge on any atom is 0.277 e. The lowest BCUT2D eigenvalue weighted by molar-refractivity contribution is -0.138. The Morgan fingerprint density at radius 3 is 2.60 bits per heavy atom. The third kappa shape index (κ3) is 5.37. The molecule has 1 aromatic rings. The molecule has 0 aromatic heterocycles. The van der Waals surface area contributed by atoms with Crippen LogP contribution in [0.15, 0.2) is 18.2 Å². The van der Waals surface area contributed by atoms with E-state index in [2.05, 4.69) is 5.32 Å². The van der Waals surface area contributed by atoms with Gasteiger partial charge in [0.05, 0.1) is 13.2 Å². The van der Waals surface area contributed by atoms with Gasteiger partial charge in [0.1, 0.15) is 6.61 Å². The Morgan fingerprint density at radius 2 is 1.97 bits per heavy atom. The van der Waals surface area contributed by atoms with E-state index >= 15 is 0 Å². The van der Waals surface area contributed by atoms with Crippen LogP contribution in [0.1, 0.15) is 42.6 Å². The van der Waals surface area contributed by atoms with Gasteiger partial charge in [0.25, 0.3) is 5.91 Å². The van der Waals surface area contributed by atoms with E-state index in [4.69, 9.17) is 9.57 Å². The Labute approximate surface area is 177 Å². The lowest BCUT2D eigenvalue weighted by atomic mass is 9.95. The van der Waals surface area contributed by atoms with Gasteiger partial charge in [-0.2, -0.15) is 0 Å². The highest BCUT2D eigenvalue weighted by Gasteiger charge is 2.29. The lowest BCUT2D eigenvalue weighted by Gasteiger charge is -2.31. The molecule has 8 heteroatoms. The molecule has 0 saturated carbocycles. The van der Waals surface area contributed by atoms with Crippen molar-refractivity contribution in [3.63, 3.8) is 0 Å². The highest BCUT2D eigenvalue weighted by Crippen LogP contribution is 2.24. The summed E-state index contributed by atoms with van der Waals surface area (Å²) in [6, 6.07) is 5.29. The van der Waals surface area contributed by atoms with Gasteiger partial charge in [-0.1, -0.05) is 13.0 Å². The fourth-order valence-corrected chi connectivity index (χ4v) is 3.69. The third-order valence-electron chi connectivity index (χ3n) is 5.61. The van der Waals surface area contributed by atoms with E-state index in [1.165, 1.54) is 5.06 Å². The summed E-state index contributed by atoms with van der Waals surface area (Å²) in [5.74, 6) is -0.162. The summed E-state index contributed by atoms with van der Waals surface area (Å²) >= 11 is 0. The van der Waals surface area contributed by atoms with Crippen LogP contribution < -0.4 is 5.32 Å². The number of carbonyl (C=O) groups excluding carboxylic acids is 3. The van der Waals surface area contributed by atoms with Crippen molar-refractivity contribution in [3.05, 3.63) is 29.3 Å². The van der Waals surface area contributed by atoms with E-state index in [1.54, 1.807) is 17.0 Å². The zero-order valence-electron chi connectivity index (χ0n) is 18.0. The maximum atomic E-state index is 12.8. The van der Waals surface area contributed by atoms with E-state index in [1.807, 2.05) is 26.8 Å². The van der Waals surface area contributed by atoms with Gasteiger partial charge >= 0.3 is 0 Å². The highest BCUT2D eigenvalue weighted by molar-refractivity contribution is 5.98. The predicted molar refractivity (Wildman–Crippen MR) is 112 cm³/mol. The number of hydrogen-bond acceptors (Lipinski definition) is 5. The Hall–Kier alpha value is -2.45. The number of nitrogens with one attached hydrogen (secondary N) is 1. The molecule has 0 aliphatic carbocycles. The number of hydrogen-bond donors (Lipinski definition) is 1. The second-order valence-corrected chi connectivity index (χ2v) is 8.08. The van der Waals surface area contributed by atoms with E-state index in [0.717, 1.165) is 5.56 Å². The van der Waals surface area contributed by atoms with Crippen LogP contribution in [0.4, 0.5) is 5.69 Å². The van der Waals surface area contributed by atoms with Gasteiger partial charge in [0, 0.05) is 42.8 Å². The van der Waals surface area contributed by atoms with Crippen LogP contribution in [0.2, 0.25) is 0 Å². The zero-order valence-corrected chi connectivity index (χ0v) is 18.0. The van der Waals surface area contributed by atoms with Crippen molar-refractivity contribution in [2.75, 3.05) is 44.8 Å². The summed E-state index contributed by atoms with van der Waals surface area (Å²) in [6.45, 7) is 8.57. The number of aryl methyl sites for hydroxylation is 1. The van der Waals surface area contributed by atoms with E-state index in [-0.39, 0.29) is 30.2 Å². The van der Waals surface area contributed by atoms with Crippen LogP contribution in [0, 0.1) is 18.8 Å². The molecule has 1 unspecified atom stereocenters. The number of anilines is 1. The molecule has 0 spiro atoms. The molecule has 8 nitrogen and oxygen atoms in total. The van der Waals surface area contributed by atoms with Crippen molar-refractivity contribution in [2.24, 2.45) is 11.8 Å². The molecule has 0 bridgehead atoms. The minimum atomic E-state index is -0.198. The highest BCUT2D eigenvalue weighted by atomic mass is 16.7. The molecule has 1 N–H and O–H groups in total. The second kappa shape index (κ2) is 10.0. The first-order chi connectivity index (χ1) is 14.4. The van der Waals surface area contributed by atoms with Crippen LogP contribution >= 0.6 is 0 Å². The van der Waals surface area contributed by atoms with Crippen LogP contribution in [0.3, 0.4) is 0 Å². The van der Waals surface area contributed by atoms with Crippen LogP contribution in [0.5, 0.6) is 0 Å². The topological polar surface area (TPSA) is 88.2 Å². The number of benzene rings is 1. The van der Waals surface area contributed by atoms with Gasteiger partial charge in [0.15, 0.2) is 0 Å². The lowest BCUT2D eigenvalue weighted by Crippen LogP contribution is -2.43. The average molecular weight is 418 g/mol. The van der Waals surface area contributed by atoms with Gasteiger partial charge in [0.2, 0.25) is 11.8 Å². The summed E-state index contributed by atoms with van der Waals surface area (Å²) in [4.78, 5) is 44.7. The summed E-state index contributed by atoms with van der Waals surface area (Å²) < 4.78 is 5.18. The van der Waals surface area contributed by atoms with Crippen molar-refractivity contribution >= 4 is 23.4 Å². The van der Waals surface area contributed by atoms with Gasteiger partial charge in [-0.25, -0.2) is 5.06 Å². The second-order valence-electron chi connectivity index (χ2n) is 8.08. The van der Waals surface area contributed by atoms with Crippen LogP contribution in [0.25, 0.3) is 0 Å². The van der Waals surface area contributed by atoms with Gasteiger partial charge in [-0.05, 0) is 44.4 Å². The molecule has 30 heavy (non-hydrogen) atoms. The molecule has 1 atom stereocenters. The Balaban J connectivity index is 1.58. The molecule has 2 aliphatic heterocycles. The van der Waals surface area contributed by atoms with Crippen LogP contribution in [-0.4, -0.2) is 67.1 Å². The van der Waals surface area contributed by atoms with E-state index in [0.29, 0.717) is 62.9 Å². The number of hydroxylamine groups is 2. The van der Waals surface area contributed by atoms with E-state index < -0.39 is 0 Å². The SMILES string of the molecule is CCOCC(=O)N1CCC(C(=O)Nc2cc(C(=O)N3CC(C)CO3)ccc2C)CC1. The first-order valence-electron chi connectivity index (χ1n) is 10.6. The first-order valence-corrected chi connectivity index (χ1v) is 10.6. The largest absolute Gasteiger partial charge is 0.372 e. The fourth-order valence-electron chi connectivity index (χ4n) is 3.69. The standard InChI is InChI=1S/C22H31N3O5/c1-4-29-14-20(26)24-9-7-17(8-10-24)21(27)23-19-11-18(6-5-16(19)3)22(28)25-12-15(2)13-30-25/h5-6,11,15,17H,4,7-10,12-14H2,1-3H3,(H,23,27). The zero-order chi connectivity index (χ0) is 21.7. The molecule has 164 valence electrons. The Morgan fingerprint density at radius 1 is 1.23 bits per heavy atom. The number of likely N-dealkylation sites (tertiary alicyclic amines) is 1. The van der Waals surface area contributed by atoms with Gasteiger partial charge in [-0.3, -0.25) is 19.2 Å². The molecule has 2 aliphatic rings. The van der Waals surface area contributed by atoms with E-state index in [9.17, 15) is 14.4 Å². The quantitative estimate of drug-likeness (QED) is 0.767. The number of carbonyl (C=O) groups is 3. The first kappa shape index (κ1) is 22.2. The number of ether oxygens (including phenoxy) is 1. The molecule has 2 fully saturated rings. The minimum Gasteiger partial charge on any atom is -0.372 e. The number of amides is 3. The van der Waals surface area contributed by atoms with Crippen molar-refractivity contribution in [1.29, 1.82) is 0 Å². The predicted octanol–water partition coefficient (Wildman–Crippen LogP) is 2.23. The summed E-state index contributed by atoms with van der Waals surface area (Å²) in [6.07, 6.45) is 1.22. The molecular formula is C22H31N3O5. The molecule has 0 radical (unpaired) electrons. The number of rotatable bonds is 6. The minimum absolute atomic E-state index is 0.0313. The number of nitrogens with zero attached hydrogens (tertiary/aromatic N) is 2. The molecule has 2 saturated heterocycles. The smallest absolute Gasteiger partial charge is 0.277 e. The summed E-state index contributed by atoms with van der Waals surface area (Å²) in [5.41, 5.74) is 2.01. The third-order valence-corrected chi connectivity index (χ3v) is 5.61. The molecule has 1 aromatic carbocycles. The average Bonchev–Trinajstić information content (AvgIpc) is 3.19. The van der Waals surface area contributed by atoms with Crippen LogP contribution in [-0.2, 0) is 19.2 Å². The van der Waals surface area contributed by atoms with Crippen molar-refractivity contribution in [1.82, 2.24) is 9.96 Å². The summed E-state index contributed by atoms with van der Waals surface area (Å²) in [5, 5.41) is 4.36. The fraction of sp³-hybridized carbons (Fsp3) is 0.591. The normalized spacial score (nSPS) is 19.8.